The van der Waals surface area contributed by atoms with Crippen LogP contribution in [0.4, 0.5) is 5.69 Å². The number of nitrogens with zero attached hydrogens (tertiary/aromatic N) is 2. The number of hydrogen-bond donors (Lipinski definition) is 1. The molecule has 0 saturated heterocycles. The first-order valence-electron chi connectivity index (χ1n) is 5.62. The second-order valence-electron chi connectivity index (χ2n) is 3.74. The zero-order valence-corrected chi connectivity index (χ0v) is 11.3. The maximum Gasteiger partial charge on any atom is 0.238 e. The van der Waals surface area contributed by atoms with E-state index in [1.807, 2.05) is 0 Å². The van der Waals surface area contributed by atoms with Crippen LogP contribution in [0.2, 0.25) is 0 Å². The highest BCUT2D eigenvalue weighted by Crippen LogP contribution is 2.17. The number of nitrogen functional groups attached to an aromatic ring is 1. The fourth-order valence-electron chi connectivity index (χ4n) is 1.59. The molecule has 0 aromatic carbocycles. The number of amides is 1. The number of carbonyl (C=O) groups is 1. The summed E-state index contributed by atoms with van der Waals surface area (Å²) in [6, 6.07) is 1.31. The van der Waals surface area contributed by atoms with Crippen molar-refractivity contribution >= 4 is 21.4 Å². The summed E-state index contributed by atoms with van der Waals surface area (Å²) in [5, 5.41) is 0. The van der Waals surface area contributed by atoms with E-state index in [0.29, 0.717) is 13.1 Å². The van der Waals surface area contributed by atoms with Gasteiger partial charge < -0.3 is 10.6 Å². The Labute approximate surface area is 107 Å². The summed E-state index contributed by atoms with van der Waals surface area (Å²) < 4.78 is 24.1. The van der Waals surface area contributed by atoms with Crippen LogP contribution in [0.5, 0.6) is 0 Å². The number of anilines is 1. The molecule has 0 radical (unpaired) electrons. The molecule has 0 saturated carbocycles. The summed E-state index contributed by atoms with van der Waals surface area (Å²) in [5.74, 6) is -0.987. The largest absolute Gasteiger partial charge is 0.396 e. The van der Waals surface area contributed by atoms with Gasteiger partial charge in [-0.05, 0) is 19.9 Å². The molecule has 1 aromatic heterocycles. The maximum atomic E-state index is 12.0. The van der Waals surface area contributed by atoms with Gasteiger partial charge in [0.15, 0.2) is 9.84 Å². The minimum atomic E-state index is -3.71. The predicted octanol–water partition coefficient (Wildman–Crippen LogP) is 0.306. The van der Waals surface area contributed by atoms with Crippen molar-refractivity contribution in [1.82, 2.24) is 9.88 Å². The molecule has 100 valence electrons. The Hall–Kier alpha value is -1.63. The van der Waals surface area contributed by atoms with Crippen LogP contribution in [0.3, 0.4) is 0 Å². The molecule has 1 amide bonds. The minimum absolute atomic E-state index is 0.0435. The topological polar surface area (TPSA) is 93.4 Å². The van der Waals surface area contributed by atoms with Crippen LogP contribution in [0.15, 0.2) is 23.4 Å². The van der Waals surface area contributed by atoms with E-state index < -0.39 is 21.5 Å². The van der Waals surface area contributed by atoms with Crippen molar-refractivity contribution in [3.63, 3.8) is 0 Å². The van der Waals surface area contributed by atoms with E-state index >= 15 is 0 Å². The molecule has 2 N–H and O–H groups in total. The third kappa shape index (κ3) is 3.19. The Morgan fingerprint density at radius 3 is 2.50 bits per heavy atom. The van der Waals surface area contributed by atoms with Crippen LogP contribution < -0.4 is 5.73 Å². The molecular weight excluding hydrogens is 254 g/mol. The van der Waals surface area contributed by atoms with Crippen LogP contribution in [-0.4, -0.2) is 43.1 Å². The van der Waals surface area contributed by atoms with Crippen molar-refractivity contribution in [2.75, 3.05) is 24.6 Å². The molecular formula is C11H17N3O3S. The summed E-state index contributed by atoms with van der Waals surface area (Å²) in [7, 11) is -3.71. The highest BCUT2D eigenvalue weighted by atomic mass is 32.2. The predicted molar refractivity (Wildman–Crippen MR) is 68.6 cm³/mol. The number of rotatable bonds is 5. The van der Waals surface area contributed by atoms with Crippen LogP contribution in [-0.2, 0) is 14.6 Å². The summed E-state index contributed by atoms with van der Waals surface area (Å²) >= 11 is 0. The molecule has 0 atom stereocenters. The van der Waals surface area contributed by atoms with Gasteiger partial charge in [0.25, 0.3) is 0 Å². The van der Waals surface area contributed by atoms with Crippen LogP contribution in [0, 0.1) is 0 Å². The van der Waals surface area contributed by atoms with Crippen molar-refractivity contribution in [2.24, 2.45) is 0 Å². The third-order valence-corrected chi connectivity index (χ3v) is 4.24. The molecule has 6 nitrogen and oxygen atoms in total. The molecule has 18 heavy (non-hydrogen) atoms. The highest BCUT2D eigenvalue weighted by molar-refractivity contribution is 7.92. The average Bonchev–Trinajstić information content (AvgIpc) is 2.30. The lowest BCUT2D eigenvalue weighted by atomic mass is 10.4. The lowest BCUT2D eigenvalue weighted by molar-refractivity contribution is -0.128. The molecule has 0 aliphatic rings. The van der Waals surface area contributed by atoms with Crippen molar-refractivity contribution in [2.45, 2.75) is 18.7 Å². The van der Waals surface area contributed by atoms with Gasteiger partial charge in [0.05, 0.1) is 16.8 Å². The Morgan fingerprint density at radius 2 is 2.00 bits per heavy atom. The Bertz CT molecular complexity index is 524. The molecule has 7 heteroatoms. The van der Waals surface area contributed by atoms with Crippen LogP contribution in [0.1, 0.15) is 13.8 Å². The van der Waals surface area contributed by atoms with Crippen molar-refractivity contribution in [3.8, 4) is 0 Å². The molecule has 1 aromatic rings. The van der Waals surface area contributed by atoms with Gasteiger partial charge in [-0.2, -0.15) is 0 Å². The molecule has 1 rings (SSSR count). The number of hydrogen-bond acceptors (Lipinski definition) is 5. The van der Waals surface area contributed by atoms with Crippen molar-refractivity contribution < 1.29 is 13.2 Å². The van der Waals surface area contributed by atoms with Gasteiger partial charge in [0.1, 0.15) is 5.75 Å². The van der Waals surface area contributed by atoms with E-state index in [1.165, 1.54) is 23.4 Å². The molecule has 0 bridgehead atoms. The van der Waals surface area contributed by atoms with E-state index in [1.54, 1.807) is 13.8 Å². The van der Waals surface area contributed by atoms with Gasteiger partial charge in [0.2, 0.25) is 5.91 Å². The first kappa shape index (κ1) is 14.4. The second kappa shape index (κ2) is 5.81. The summed E-state index contributed by atoms with van der Waals surface area (Å²) in [6.07, 6.45) is 2.60. The van der Waals surface area contributed by atoms with E-state index in [-0.39, 0.29) is 10.6 Å². The van der Waals surface area contributed by atoms with E-state index in [9.17, 15) is 13.2 Å². The average molecular weight is 271 g/mol. The zero-order valence-electron chi connectivity index (χ0n) is 10.5. The molecule has 0 spiro atoms. The van der Waals surface area contributed by atoms with E-state index in [2.05, 4.69) is 4.98 Å². The fourth-order valence-corrected chi connectivity index (χ4v) is 2.93. The Kier molecular flexibility index (Phi) is 4.66. The molecule has 0 aliphatic carbocycles. The van der Waals surface area contributed by atoms with E-state index in [0.717, 1.165) is 0 Å². The van der Waals surface area contributed by atoms with Crippen molar-refractivity contribution in [3.05, 3.63) is 18.5 Å². The Morgan fingerprint density at radius 1 is 1.39 bits per heavy atom. The lowest BCUT2D eigenvalue weighted by Gasteiger charge is -2.18. The molecule has 0 fully saturated rings. The normalized spacial score (nSPS) is 11.2. The number of aromatic nitrogens is 1. The molecule has 0 aliphatic heterocycles. The van der Waals surface area contributed by atoms with Gasteiger partial charge in [-0.15, -0.1) is 0 Å². The summed E-state index contributed by atoms with van der Waals surface area (Å²) in [4.78, 5) is 16.9. The number of pyridine rings is 1. The van der Waals surface area contributed by atoms with Gasteiger partial charge >= 0.3 is 0 Å². The lowest BCUT2D eigenvalue weighted by Crippen LogP contribution is -2.35. The van der Waals surface area contributed by atoms with Crippen molar-refractivity contribution in [1.29, 1.82) is 0 Å². The summed E-state index contributed by atoms with van der Waals surface area (Å²) in [6.45, 7) is 4.57. The standard InChI is InChI=1S/C11H17N3O3S/c1-3-14(4-2)11(15)8-18(16,17)10-5-6-13-7-9(10)12/h5-7H,3-4,8,12H2,1-2H3. The first-order valence-corrected chi connectivity index (χ1v) is 7.27. The van der Waals surface area contributed by atoms with E-state index in [4.69, 9.17) is 5.73 Å². The molecule has 0 unspecified atom stereocenters. The SMILES string of the molecule is CCN(CC)C(=O)CS(=O)(=O)c1ccncc1N. The number of carbonyl (C=O) groups excluding carboxylic acids is 1. The highest BCUT2D eigenvalue weighted by Gasteiger charge is 2.23. The number of sulfone groups is 1. The smallest absolute Gasteiger partial charge is 0.238 e. The quantitative estimate of drug-likeness (QED) is 0.831. The number of nitrogens with two attached hydrogens (primary N) is 1. The second-order valence-corrected chi connectivity index (χ2v) is 5.70. The maximum absolute atomic E-state index is 12.0. The zero-order chi connectivity index (χ0) is 13.8. The molecule has 1 heterocycles. The van der Waals surface area contributed by atoms with Gasteiger partial charge in [-0.1, -0.05) is 0 Å². The summed E-state index contributed by atoms with van der Waals surface area (Å²) in [5.41, 5.74) is 5.62. The van der Waals surface area contributed by atoms with Gasteiger partial charge in [-0.25, -0.2) is 8.42 Å². The van der Waals surface area contributed by atoms with Crippen LogP contribution >= 0.6 is 0 Å². The minimum Gasteiger partial charge on any atom is -0.396 e. The van der Waals surface area contributed by atoms with Gasteiger partial charge in [-0.3, -0.25) is 9.78 Å². The first-order chi connectivity index (χ1) is 8.42. The monoisotopic (exact) mass is 271 g/mol. The fraction of sp³-hybridized carbons (Fsp3) is 0.455. The van der Waals surface area contributed by atoms with Crippen LogP contribution in [0.25, 0.3) is 0 Å². The van der Waals surface area contributed by atoms with Gasteiger partial charge in [0, 0.05) is 19.3 Å². The third-order valence-electron chi connectivity index (χ3n) is 2.57. The Balaban J connectivity index is 2.97.